The SMILES string of the molecule is Cc1nc(C(=O)NCC[C@@H]2CN(C(C)C)Cc3ccnn32)cs1. The van der Waals surface area contributed by atoms with Crippen molar-refractivity contribution in [1.29, 1.82) is 0 Å². The molecule has 3 rings (SSSR count). The van der Waals surface area contributed by atoms with Gasteiger partial charge in [-0.25, -0.2) is 4.98 Å². The fourth-order valence-electron chi connectivity index (χ4n) is 2.93. The maximum Gasteiger partial charge on any atom is 0.270 e. The first kappa shape index (κ1) is 16.1. The molecule has 0 unspecified atom stereocenters. The molecule has 1 N–H and O–H groups in total. The molecule has 2 aromatic heterocycles. The fraction of sp³-hybridized carbons (Fsp3) is 0.562. The lowest BCUT2D eigenvalue weighted by molar-refractivity contribution is 0.0939. The van der Waals surface area contributed by atoms with E-state index in [0.717, 1.165) is 24.5 Å². The summed E-state index contributed by atoms with van der Waals surface area (Å²) in [5, 5.41) is 10.1. The van der Waals surface area contributed by atoms with Crippen LogP contribution in [0, 0.1) is 6.92 Å². The molecule has 0 spiro atoms. The summed E-state index contributed by atoms with van der Waals surface area (Å²) < 4.78 is 2.11. The maximum atomic E-state index is 12.1. The molecular weight excluding hydrogens is 310 g/mol. The molecule has 1 aliphatic heterocycles. The van der Waals surface area contributed by atoms with Gasteiger partial charge in [0.1, 0.15) is 5.69 Å². The number of fused-ring (bicyclic) bond motifs is 1. The Balaban J connectivity index is 1.58. The van der Waals surface area contributed by atoms with E-state index in [0.29, 0.717) is 24.3 Å². The number of nitrogens with one attached hydrogen (secondary N) is 1. The standard InChI is InChI=1S/C16H23N5OS/c1-11(2)20-8-13(21-14(9-20)5-7-18-21)4-6-17-16(22)15-10-23-12(3)19-15/h5,7,10-11,13H,4,6,8-9H2,1-3H3,(H,17,22)/t13-/m1/s1. The monoisotopic (exact) mass is 333 g/mol. The quantitative estimate of drug-likeness (QED) is 0.911. The maximum absolute atomic E-state index is 12.1. The minimum Gasteiger partial charge on any atom is -0.351 e. The first-order valence-corrected chi connectivity index (χ1v) is 8.89. The van der Waals surface area contributed by atoms with E-state index in [9.17, 15) is 4.79 Å². The van der Waals surface area contributed by atoms with Gasteiger partial charge in [-0.2, -0.15) is 5.10 Å². The predicted molar refractivity (Wildman–Crippen MR) is 90.6 cm³/mol. The van der Waals surface area contributed by atoms with Gasteiger partial charge in [0.25, 0.3) is 5.91 Å². The third-order valence-electron chi connectivity index (χ3n) is 4.25. The number of rotatable bonds is 5. The number of carbonyl (C=O) groups excluding carboxylic acids is 1. The van der Waals surface area contributed by atoms with Crippen molar-refractivity contribution >= 4 is 17.2 Å². The normalized spacial score (nSPS) is 18.2. The van der Waals surface area contributed by atoms with E-state index in [1.807, 2.05) is 13.1 Å². The lowest BCUT2D eigenvalue weighted by Gasteiger charge is -2.36. The summed E-state index contributed by atoms with van der Waals surface area (Å²) in [5.41, 5.74) is 1.76. The topological polar surface area (TPSA) is 63.1 Å². The van der Waals surface area contributed by atoms with Crippen LogP contribution in [0.3, 0.4) is 0 Å². The van der Waals surface area contributed by atoms with E-state index < -0.39 is 0 Å². The highest BCUT2D eigenvalue weighted by molar-refractivity contribution is 7.09. The summed E-state index contributed by atoms with van der Waals surface area (Å²) in [6.45, 7) is 8.88. The molecule has 1 aliphatic rings. The highest BCUT2D eigenvalue weighted by Crippen LogP contribution is 2.24. The highest BCUT2D eigenvalue weighted by Gasteiger charge is 2.26. The summed E-state index contributed by atoms with van der Waals surface area (Å²) in [6, 6.07) is 2.89. The van der Waals surface area contributed by atoms with Crippen molar-refractivity contribution in [2.45, 2.75) is 45.8 Å². The lowest BCUT2D eigenvalue weighted by atomic mass is 10.1. The van der Waals surface area contributed by atoms with Crippen LogP contribution in [0.4, 0.5) is 0 Å². The third-order valence-corrected chi connectivity index (χ3v) is 5.03. The van der Waals surface area contributed by atoms with Crippen molar-refractivity contribution in [3.8, 4) is 0 Å². The second-order valence-electron chi connectivity index (χ2n) is 6.24. The Hall–Kier alpha value is -1.73. The lowest BCUT2D eigenvalue weighted by Crippen LogP contribution is -2.42. The molecule has 0 bridgehead atoms. The van der Waals surface area contributed by atoms with Crippen LogP contribution in [0.5, 0.6) is 0 Å². The minimum atomic E-state index is -0.0911. The average Bonchev–Trinajstić information content (AvgIpc) is 3.15. The molecule has 0 aromatic carbocycles. The van der Waals surface area contributed by atoms with Gasteiger partial charge < -0.3 is 5.32 Å². The highest BCUT2D eigenvalue weighted by atomic mass is 32.1. The van der Waals surface area contributed by atoms with Crippen molar-refractivity contribution in [2.75, 3.05) is 13.1 Å². The molecular formula is C16H23N5OS. The van der Waals surface area contributed by atoms with Crippen LogP contribution in [-0.2, 0) is 6.54 Å². The summed E-state index contributed by atoms with van der Waals surface area (Å²) in [7, 11) is 0. The number of amides is 1. The van der Waals surface area contributed by atoms with Gasteiger partial charge in [0.15, 0.2) is 0 Å². The van der Waals surface area contributed by atoms with Gasteiger partial charge in [-0.05, 0) is 33.3 Å². The molecule has 0 saturated heterocycles. The molecule has 2 aromatic rings. The summed E-state index contributed by atoms with van der Waals surface area (Å²) >= 11 is 1.50. The summed E-state index contributed by atoms with van der Waals surface area (Å²) in [6.07, 6.45) is 2.73. The largest absolute Gasteiger partial charge is 0.351 e. The Morgan fingerprint density at radius 1 is 1.52 bits per heavy atom. The molecule has 124 valence electrons. The van der Waals surface area contributed by atoms with Crippen LogP contribution < -0.4 is 5.32 Å². The smallest absolute Gasteiger partial charge is 0.270 e. The second-order valence-corrected chi connectivity index (χ2v) is 7.30. The van der Waals surface area contributed by atoms with E-state index in [2.05, 4.69) is 44.9 Å². The molecule has 0 saturated carbocycles. The number of hydrogen-bond donors (Lipinski definition) is 1. The summed E-state index contributed by atoms with van der Waals surface area (Å²) in [4.78, 5) is 18.7. The fourth-order valence-corrected chi connectivity index (χ4v) is 3.53. The van der Waals surface area contributed by atoms with E-state index >= 15 is 0 Å². The molecule has 1 amide bonds. The molecule has 0 fully saturated rings. The number of nitrogens with zero attached hydrogens (tertiary/aromatic N) is 4. The molecule has 7 heteroatoms. The Kier molecular flexibility index (Phi) is 4.77. The van der Waals surface area contributed by atoms with Gasteiger partial charge in [0.2, 0.25) is 0 Å². The Morgan fingerprint density at radius 3 is 3.04 bits per heavy atom. The van der Waals surface area contributed by atoms with Gasteiger partial charge in [0, 0.05) is 37.3 Å². The van der Waals surface area contributed by atoms with Crippen molar-refractivity contribution < 1.29 is 4.79 Å². The molecule has 1 atom stereocenters. The van der Waals surface area contributed by atoms with E-state index in [4.69, 9.17) is 0 Å². The van der Waals surface area contributed by atoms with Gasteiger partial charge in [-0.15, -0.1) is 11.3 Å². The number of thiazole rings is 1. The van der Waals surface area contributed by atoms with Crippen LogP contribution in [0.2, 0.25) is 0 Å². The minimum absolute atomic E-state index is 0.0911. The number of aryl methyl sites for hydroxylation is 1. The second kappa shape index (κ2) is 6.80. The molecule has 0 radical (unpaired) electrons. The summed E-state index contributed by atoms with van der Waals surface area (Å²) in [5.74, 6) is -0.0911. The van der Waals surface area contributed by atoms with Crippen LogP contribution >= 0.6 is 11.3 Å². The number of carbonyl (C=O) groups is 1. The molecule has 23 heavy (non-hydrogen) atoms. The van der Waals surface area contributed by atoms with Crippen LogP contribution in [0.15, 0.2) is 17.6 Å². The zero-order chi connectivity index (χ0) is 16.4. The Morgan fingerprint density at radius 2 is 2.35 bits per heavy atom. The molecule has 3 heterocycles. The Bertz CT molecular complexity index is 678. The zero-order valence-electron chi connectivity index (χ0n) is 13.8. The van der Waals surface area contributed by atoms with Crippen LogP contribution in [-0.4, -0.2) is 44.7 Å². The van der Waals surface area contributed by atoms with Crippen molar-refractivity contribution in [1.82, 2.24) is 25.0 Å². The van der Waals surface area contributed by atoms with Gasteiger partial charge in [-0.3, -0.25) is 14.4 Å². The molecule has 0 aliphatic carbocycles. The zero-order valence-corrected chi connectivity index (χ0v) is 14.6. The Labute approximate surface area is 140 Å². The first-order valence-electron chi connectivity index (χ1n) is 8.01. The van der Waals surface area contributed by atoms with Gasteiger partial charge in [0.05, 0.1) is 16.7 Å². The van der Waals surface area contributed by atoms with Crippen molar-refractivity contribution in [3.05, 3.63) is 34.0 Å². The number of hydrogen-bond acceptors (Lipinski definition) is 5. The van der Waals surface area contributed by atoms with E-state index in [-0.39, 0.29) is 5.91 Å². The number of aromatic nitrogens is 3. The third kappa shape index (κ3) is 3.61. The molecule has 6 nitrogen and oxygen atoms in total. The van der Waals surface area contributed by atoms with E-state index in [1.54, 1.807) is 5.38 Å². The average molecular weight is 333 g/mol. The predicted octanol–water partition coefficient (Wildman–Crippen LogP) is 2.23. The van der Waals surface area contributed by atoms with E-state index in [1.165, 1.54) is 17.0 Å². The van der Waals surface area contributed by atoms with Crippen molar-refractivity contribution in [3.63, 3.8) is 0 Å². The van der Waals surface area contributed by atoms with Crippen LogP contribution in [0.25, 0.3) is 0 Å². The van der Waals surface area contributed by atoms with Gasteiger partial charge in [-0.1, -0.05) is 0 Å². The first-order chi connectivity index (χ1) is 11.0. The van der Waals surface area contributed by atoms with Crippen molar-refractivity contribution in [2.24, 2.45) is 0 Å². The van der Waals surface area contributed by atoms with Gasteiger partial charge >= 0.3 is 0 Å². The van der Waals surface area contributed by atoms with Crippen LogP contribution in [0.1, 0.15) is 47.5 Å².